The normalized spacial score (nSPS) is 19.3. The van der Waals surface area contributed by atoms with Gasteiger partial charge in [0.25, 0.3) is 0 Å². The minimum Gasteiger partial charge on any atom is -0.489 e. The fraction of sp³-hybridized carbons (Fsp3) is 0.452. The van der Waals surface area contributed by atoms with E-state index in [0.717, 1.165) is 31.2 Å². The summed E-state index contributed by atoms with van der Waals surface area (Å²) in [5.41, 5.74) is 3.92. The van der Waals surface area contributed by atoms with Crippen LogP contribution in [0.3, 0.4) is 0 Å². The minimum absolute atomic E-state index is 0.114. The second-order valence-corrected chi connectivity index (χ2v) is 10.9. The molecule has 1 aliphatic heterocycles. The molecule has 1 unspecified atom stereocenters. The molecule has 0 saturated carbocycles. The van der Waals surface area contributed by atoms with Crippen molar-refractivity contribution in [2.45, 2.75) is 65.1 Å². The third kappa shape index (κ3) is 6.95. The third-order valence-corrected chi connectivity index (χ3v) is 6.76. The van der Waals surface area contributed by atoms with Gasteiger partial charge in [-0.05, 0) is 93.8 Å². The average molecular weight is 517 g/mol. The molecule has 0 bridgehead atoms. The van der Waals surface area contributed by atoms with Gasteiger partial charge in [-0.15, -0.1) is 0 Å². The Morgan fingerprint density at radius 3 is 2.55 bits per heavy atom. The van der Waals surface area contributed by atoms with Crippen molar-refractivity contribution >= 4 is 17.6 Å². The van der Waals surface area contributed by atoms with E-state index in [9.17, 15) is 14.9 Å². The van der Waals surface area contributed by atoms with E-state index in [1.54, 1.807) is 11.8 Å². The fourth-order valence-corrected chi connectivity index (χ4v) is 4.94. The molecule has 0 spiro atoms. The van der Waals surface area contributed by atoms with Crippen LogP contribution in [0.1, 0.15) is 62.8 Å². The van der Waals surface area contributed by atoms with Gasteiger partial charge in [0.2, 0.25) is 0 Å². The number of carbonyl (C=O) groups is 2. The lowest BCUT2D eigenvalue weighted by Crippen LogP contribution is -2.36. The lowest BCUT2D eigenvalue weighted by molar-refractivity contribution is -0.136. The van der Waals surface area contributed by atoms with Crippen molar-refractivity contribution in [2.24, 2.45) is 5.92 Å². The molecule has 1 saturated heterocycles. The first-order chi connectivity index (χ1) is 18.1. The third-order valence-electron chi connectivity index (χ3n) is 6.76. The van der Waals surface area contributed by atoms with Crippen molar-refractivity contribution in [2.75, 3.05) is 19.7 Å². The van der Waals surface area contributed by atoms with Crippen molar-refractivity contribution in [1.29, 1.82) is 5.26 Å². The van der Waals surface area contributed by atoms with E-state index in [1.807, 2.05) is 69.3 Å². The molecule has 1 fully saturated rings. The smallest absolute Gasteiger partial charge is 0.410 e. The molecule has 0 N–H and O–H groups in total. The summed E-state index contributed by atoms with van der Waals surface area (Å²) in [5, 5.41) is 9.18. The number of fused-ring (bicyclic) bond motifs is 1. The van der Waals surface area contributed by atoms with E-state index in [4.69, 9.17) is 14.2 Å². The van der Waals surface area contributed by atoms with Gasteiger partial charge in [-0.1, -0.05) is 24.3 Å². The molecule has 38 heavy (non-hydrogen) atoms. The average Bonchev–Trinajstić information content (AvgIpc) is 3.35. The largest absolute Gasteiger partial charge is 0.489 e. The number of nitrogens with zero attached hydrogens (tertiary/aromatic N) is 2. The summed E-state index contributed by atoms with van der Waals surface area (Å²) < 4.78 is 17.0. The predicted molar refractivity (Wildman–Crippen MR) is 145 cm³/mol. The highest BCUT2D eigenvalue weighted by atomic mass is 16.6. The number of hydrogen-bond donors (Lipinski definition) is 0. The molecule has 0 radical (unpaired) electrons. The Bertz CT molecular complexity index is 1240. The number of benzene rings is 2. The highest BCUT2D eigenvalue weighted by Crippen LogP contribution is 2.31. The maximum Gasteiger partial charge on any atom is 0.410 e. The highest BCUT2D eigenvalue weighted by molar-refractivity contribution is 6.16. The summed E-state index contributed by atoms with van der Waals surface area (Å²) in [5.74, 6) is 0.548. The molecule has 200 valence electrons. The standard InChI is InChI=1S/C31H36N2O5/c1-5-36-29(34)28(18-21-6-8-25-17-22(19-32)7-9-24(25)16-21)23-10-12-26(13-11-23)37-27-14-15-33(20-27)30(35)38-31(2,3)4/h7,9-13,17-18,21,27H,5-6,8,14-16,20H2,1-4H3/t21?,27-/m0/s1. The Kier molecular flexibility index (Phi) is 8.41. The number of ether oxygens (including phenoxy) is 3. The van der Waals surface area contributed by atoms with Crippen LogP contribution in [-0.2, 0) is 27.1 Å². The Morgan fingerprint density at radius 2 is 1.87 bits per heavy atom. The van der Waals surface area contributed by atoms with Gasteiger partial charge >= 0.3 is 12.1 Å². The summed E-state index contributed by atoms with van der Waals surface area (Å²) in [7, 11) is 0. The van der Waals surface area contributed by atoms with Gasteiger partial charge in [-0.25, -0.2) is 9.59 Å². The van der Waals surface area contributed by atoms with Crippen molar-refractivity contribution in [3.8, 4) is 11.8 Å². The Labute approximate surface area is 225 Å². The molecule has 1 amide bonds. The van der Waals surface area contributed by atoms with Crippen LogP contribution in [0, 0.1) is 17.2 Å². The van der Waals surface area contributed by atoms with E-state index in [-0.39, 0.29) is 24.1 Å². The number of nitriles is 1. The summed E-state index contributed by atoms with van der Waals surface area (Å²) in [6.45, 7) is 8.74. The summed E-state index contributed by atoms with van der Waals surface area (Å²) in [6, 6.07) is 15.5. The maximum atomic E-state index is 12.9. The SMILES string of the molecule is CCOC(=O)C(=CC1CCc2cc(C#N)ccc2C1)c1ccc(O[C@H]2CCN(C(=O)OC(C)(C)C)C2)cc1. The topological polar surface area (TPSA) is 88.9 Å². The van der Waals surface area contributed by atoms with Crippen molar-refractivity contribution in [1.82, 2.24) is 4.90 Å². The zero-order valence-electron chi connectivity index (χ0n) is 22.7. The number of allylic oxidation sites excluding steroid dienone is 1. The number of esters is 1. The van der Waals surface area contributed by atoms with Crippen LogP contribution in [0.2, 0.25) is 0 Å². The minimum atomic E-state index is -0.530. The summed E-state index contributed by atoms with van der Waals surface area (Å²) >= 11 is 0. The molecule has 1 aliphatic carbocycles. The molecule has 7 heteroatoms. The van der Waals surface area contributed by atoms with Crippen molar-refractivity contribution < 1.29 is 23.8 Å². The van der Waals surface area contributed by atoms with E-state index in [1.165, 1.54) is 11.1 Å². The number of carbonyl (C=O) groups excluding carboxylic acids is 2. The molecular weight excluding hydrogens is 480 g/mol. The molecule has 0 aromatic heterocycles. The van der Waals surface area contributed by atoms with Gasteiger partial charge < -0.3 is 19.1 Å². The van der Waals surface area contributed by atoms with E-state index < -0.39 is 5.60 Å². The molecule has 2 aromatic rings. The summed E-state index contributed by atoms with van der Waals surface area (Å²) in [6.07, 6.45) is 4.93. The number of rotatable bonds is 6. The van der Waals surface area contributed by atoms with Gasteiger partial charge in [0.05, 0.1) is 30.4 Å². The zero-order valence-corrected chi connectivity index (χ0v) is 22.7. The van der Waals surface area contributed by atoms with Crippen LogP contribution in [0.4, 0.5) is 4.79 Å². The lowest BCUT2D eigenvalue weighted by atomic mass is 9.82. The molecule has 4 rings (SSSR count). The first-order valence-electron chi connectivity index (χ1n) is 13.3. The van der Waals surface area contributed by atoms with Gasteiger partial charge in [-0.2, -0.15) is 5.26 Å². The Balaban J connectivity index is 1.44. The highest BCUT2D eigenvalue weighted by Gasteiger charge is 2.31. The first-order valence-corrected chi connectivity index (χ1v) is 13.3. The Hall–Kier alpha value is -3.79. The van der Waals surface area contributed by atoms with Gasteiger partial charge in [0.15, 0.2) is 0 Å². The van der Waals surface area contributed by atoms with Crippen molar-refractivity contribution in [3.05, 3.63) is 70.8 Å². The van der Waals surface area contributed by atoms with Crippen LogP contribution >= 0.6 is 0 Å². The van der Waals surface area contributed by atoms with Crippen LogP contribution < -0.4 is 4.74 Å². The molecule has 2 atom stereocenters. The molecular formula is C31H36N2O5. The second kappa shape index (κ2) is 11.7. The zero-order chi connectivity index (χ0) is 27.3. The second-order valence-electron chi connectivity index (χ2n) is 10.9. The molecule has 7 nitrogen and oxygen atoms in total. The van der Waals surface area contributed by atoms with E-state index in [2.05, 4.69) is 6.07 Å². The predicted octanol–water partition coefficient (Wildman–Crippen LogP) is 5.70. The van der Waals surface area contributed by atoms with E-state index >= 15 is 0 Å². The first kappa shape index (κ1) is 27.3. The van der Waals surface area contributed by atoms with Gasteiger partial charge in [0, 0.05) is 13.0 Å². The van der Waals surface area contributed by atoms with E-state index in [0.29, 0.717) is 36.6 Å². The monoisotopic (exact) mass is 516 g/mol. The van der Waals surface area contributed by atoms with Gasteiger partial charge in [-0.3, -0.25) is 0 Å². The number of aryl methyl sites for hydroxylation is 1. The fourth-order valence-electron chi connectivity index (χ4n) is 4.94. The maximum absolute atomic E-state index is 12.9. The van der Waals surface area contributed by atoms with Gasteiger partial charge in [0.1, 0.15) is 17.5 Å². The quantitative estimate of drug-likeness (QED) is 0.362. The Morgan fingerprint density at radius 1 is 1.11 bits per heavy atom. The number of hydrogen-bond acceptors (Lipinski definition) is 6. The van der Waals surface area contributed by atoms with Crippen molar-refractivity contribution in [3.63, 3.8) is 0 Å². The van der Waals surface area contributed by atoms with Crippen LogP contribution in [0.15, 0.2) is 48.5 Å². The number of likely N-dealkylation sites (tertiary alicyclic amines) is 1. The lowest BCUT2D eigenvalue weighted by Gasteiger charge is -2.24. The van der Waals surface area contributed by atoms with Crippen LogP contribution in [0.5, 0.6) is 5.75 Å². The number of amides is 1. The molecule has 1 heterocycles. The molecule has 2 aromatic carbocycles. The van der Waals surface area contributed by atoms with Crippen LogP contribution in [-0.4, -0.2) is 48.4 Å². The molecule has 2 aliphatic rings. The van der Waals surface area contributed by atoms with Crippen LogP contribution in [0.25, 0.3) is 5.57 Å². The summed E-state index contributed by atoms with van der Waals surface area (Å²) in [4.78, 5) is 26.9.